The van der Waals surface area contributed by atoms with Crippen molar-refractivity contribution in [1.82, 2.24) is 14.6 Å². The molecule has 2 heterocycles. The standard InChI is InChI=1S/C20H18FN3O2S/c1-13-10-19-22-23-20(24(19)18-5-3-2-4-17(13)18)27-12-15(25)11-26-16-8-6-14(21)7-9-16/h2-10,15,25H,11-12H2,1H3. The van der Waals surface area contributed by atoms with Crippen LogP contribution in [0.1, 0.15) is 5.56 Å². The molecular formula is C20H18FN3O2S. The Morgan fingerprint density at radius 2 is 1.93 bits per heavy atom. The van der Waals surface area contributed by atoms with Crippen molar-refractivity contribution in [2.45, 2.75) is 18.2 Å². The Morgan fingerprint density at radius 1 is 1.15 bits per heavy atom. The summed E-state index contributed by atoms with van der Waals surface area (Å²) in [5.41, 5.74) is 2.97. The molecular weight excluding hydrogens is 365 g/mol. The zero-order valence-corrected chi connectivity index (χ0v) is 15.5. The molecule has 0 aliphatic carbocycles. The minimum Gasteiger partial charge on any atom is -0.491 e. The number of para-hydroxylation sites is 1. The second-order valence-corrected chi connectivity index (χ2v) is 7.24. The smallest absolute Gasteiger partial charge is 0.196 e. The zero-order valence-electron chi connectivity index (χ0n) is 14.7. The van der Waals surface area contributed by atoms with E-state index in [0.29, 0.717) is 11.5 Å². The molecule has 4 aromatic rings. The van der Waals surface area contributed by atoms with Crippen molar-refractivity contribution in [2.75, 3.05) is 12.4 Å². The highest BCUT2D eigenvalue weighted by molar-refractivity contribution is 7.99. The van der Waals surface area contributed by atoms with Crippen LogP contribution in [0.15, 0.2) is 59.8 Å². The number of aliphatic hydroxyl groups excluding tert-OH is 1. The number of aryl methyl sites for hydroxylation is 1. The highest BCUT2D eigenvalue weighted by Crippen LogP contribution is 2.26. The lowest BCUT2D eigenvalue weighted by atomic mass is 10.1. The number of fused-ring (bicyclic) bond motifs is 3. The predicted molar refractivity (Wildman–Crippen MR) is 104 cm³/mol. The molecule has 7 heteroatoms. The number of hydrogen-bond donors (Lipinski definition) is 1. The molecule has 5 nitrogen and oxygen atoms in total. The summed E-state index contributed by atoms with van der Waals surface area (Å²) < 4.78 is 20.4. The van der Waals surface area contributed by atoms with Crippen molar-refractivity contribution < 1.29 is 14.2 Å². The molecule has 0 saturated heterocycles. The van der Waals surface area contributed by atoms with E-state index in [1.54, 1.807) is 0 Å². The van der Waals surface area contributed by atoms with Crippen molar-refractivity contribution in [3.05, 3.63) is 66.0 Å². The molecule has 2 aromatic heterocycles. The largest absolute Gasteiger partial charge is 0.491 e. The van der Waals surface area contributed by atoms with Crippen LogP contribution in [0.2, 0.25) is 0 Å². The average Bonchev–Trinajstić information content (AvgIpc) is 3.09. The van der Waals surface area contributed by atoms with Crippen molar-refractivity contribution in [3.63, 3.8) is 0 Å². The maximum absolute atomic E-state index is 12.9. The van der Waals surface area contributed by atoms with Gasteiger partial charge in [-0.15, -0.1) is 10.2 Å². The Morgan fingerprint density at radius 3 is 2.74 bits per heavy atom. The fraction of sp³-hybridized carbons (Fsp3) is 0.200. The first-order valence-corrected chi connectivity index (χ1v) is 9.53. The van der Waals surface area contributed by atoms with Gasteiger partial charge >= 0.3 is 0 Å². The van der Waals surface area contributed by atoms with Crippen LogP contribution in [-0.2, 0) is 0 Å². The molecule has 0 spiro atoms. The number of pyridine rings is 1. The summed E-state index contributed by atoms with van der Waals surface area (Å²) in [6, 6.07) is 15.8. The fourth-order valence-corrected chi connectivity index (χ4v) is 3.77. The molecule has 1 N–H and O–H groups in total. The van der Waals surface area contributed by atoms with Gasteiger partial charge in [-0.25, -0.2) is 4.39 Å². The third-order valence-corrected chi connectivity index (χ3v) is 5.31. The summed E-state index contributed by atoms with van der Waals surface area (Å²) >= 11 is 1.42. The SMILES string of the molecule is Cc1cc2nnc(SCC(O)COc3ccc(F)cc3)n2c2ccccc12. The Kier molecular flexibility index (Phi) is 4.96. The topological polar surface area (TPSA) is 59.7 Å². The molecule has 0 fully saturated rings. The number of thioether (sulfide) groups is 1. The van der Waals surface area contributed by atoms with Crippen LogP contribution in [0, 0.1) is 12.7 Å². The maximum atomic E-state index is 12.9. The predicted octanol–water partition coefficient (Wildman–Crippen LogP) is 3.86. The number of aliphatic hydroxyl groups is 1. The van der Waals surface area contributed by atoms with E-state index >= 15 is 0 Å². The minimum absolute atomic E-state index is 0.120. The molecule has 1 unspecified atom stereocenters. The van der Waals surface area contributed by atoms with Gasteiger partial charge in [-0.1, -0.05) is 30.0 Å². The molecule has 0 radical (unpaired) electrons. The number of hydrogen-bond acceptors (Lipinski definition) is 5. The van der Waals surface area contributed by atoms with Gasteiger partial charge < -0.3 is 9.84 Å². The van der Waals surface area contributed by atoms with E-state index in [1.807, 2.05) is 28.7 Å². The third-order valence-electron chi connectivity index (χ3n) is 4.23. The van der Waals surface area contributed by atoms with Gasteiger partial charge in [0.2, 0.25) is 0 Å². The molecule has 2 aromatic carbocycles. The Balaban J connectivity index is 1.47. The number of benzene rings is 2. The highest BCUT2D eigenvalue weighted by Gasteiger charge is 2.14. The summed E-state index contributed by atoms with van der Waals surface area (Å²) in [6.07, 6.45) is -0.691. The zero-order chi connectivity index (χ0) is 18.8. The number of nitrogens with zero attached hydrogens (tertiary/aromatic N) is 3. The number of ether oxygens (including phenoxy) is 1. The quantitative estimate of drug-likeness (QED) is 0.512. The van der Waals surface area contributed by atoms with Crippen molar-refractivity contribution >= 4 is 28.3 Å². The van der Waals surface area contributed by atoms with Crippen LogP contribution in [0.3, 0.4) is 0 Å². The number of aromatic nitrogens is 3. The van der Waals surface area contributed by atoms with Gasteiger partial charge in [-0.2, -0.15) is 0 Å². The molecule has 0 bridgehead atoms. The van der Waals surface area contributed by atoms with Gasteiger partial charge in [0.25, 0.3) is 0 Å². The number of halogens is 1. The van der Waals surface area contributed by atoms with Crippen LogP contribution in [-0.4, -0.2) is 38.2 Å². The maximum Gasteiger partial charge on any atom is 0.196 e. The highest BCUT2D eigenvalue weighted by atomic mass is 32.2. The molecule has 1 atom stereocenters. The monoisotopic (exact) mass is 383 g/mol. The van der Waals surface area contributed by atoms with Gasteiger partial charge in [-0.05, 0) is 48.9 Å². The third kappa shape index (κ3) is 3.74. The Labute approximate surface area is 159 Å². The average molecular weight is 383 g/mol. The Hall–Kier alpha value is -2.64. The minimum atomic E-state index is -0.691. The van der Waals surface area contributed by atoms with E-state index in [9.17, 15) is 9.50 Å². The molecule has 0 aliphatic heterocycles. The van der Waals surface area contributed by atoms with Crippen LogP contribution >= 0.6 is 11.8 Å². The van der Waals surface area contributed by atoms with E-state index in [0.717, 1.165) is 27.3 Å². The first-order valence-electron chi connectivity index (χ1n) is 8.54. The van der Waals surface area contributed by atoms with Crippen molar-refractivity contribution in [1.29, 1.82) is 0 Å². The lowest BCUT2D eigenvalue weighted by molar-refractivity contribution is 0.126. The van der Waals surface area contributed by atoms with Crippen molar-refractivity contribution in [3.8, 4) is 5.75 Å². The van der Waals surface area contributed by atoms with Gasteiger partial charge in [0, 0.05) is 11.1 Å². The second kappa shape index (κ2) is 7.54. The van der Waals surface area contributed by atoms with E-state index in [-0.39, 0.29) is 12.4 Å². The van der Waals surface area contributed by atoms with Gasteiger partial charge in [0.05, 0.1) is 11.6 Å². The summed E-state index contributed by atoms with van der Waals surface area (Å²) in [4.78, 5) is 0. The molecule has 0 amide bonds. The van der Waals surface area contributed by atoms with Crippen LogP contribution in [0.5, 0.6) is 5.75 Å². The number of rotatable bonds is 6. The summed E-state index contributed by atoms with van der Waals surface area (Å²) in [5, 5.41) is 20.6. The normalized spacial score (nSPS) is 12.6. The first kappa shape index (κ1) is 17.8. The van der Waals surface area contributed by atoms with Crippen LogP contribution in [0.25, 0.3) is 16.6 Å². The fourth-order valence-electron chi connectivity index (χ4n) is 2.91. The second-order valence-electron chi connectivity index (χ2n) is 6.25. The first-order chi connectivity index (χ1) is 13.1. The molecule has 138 valence electrons. The Bertz CT molecular complexity index is 1080. The van der Waals surface area contributed by atoms with Gasteiger partial charge in [0.15, 0.2) is 10.8 Å². The molecule has 4 rings (SSSR count). The van der Waals surface area contributed by atoms with E-state index in [2.05, 4.69) is 23.2 Å². The van der Waals surface area contributed by atoms with Crippen LogP contribution in [0.4, 0.5) is 4.39 Å². The van der Waals surface area contributed by atoms with Gasteiger partial charge in [0.1, 0.15) is 18.2 Å². The van der Waals surface area contributed by atoms with E-state index in [1.165, 1.54) is 36.0 Å². The van der Waals surface area contributed by atoms with E-state index < -0.39 is 6.10 Å². The summed E-state index contributed by atoms with van der Waals surface area (Å²) in [6.45, 7) is 2.18. The molecule has 27 heavy (non-hydrogen) atoms. The molecule has 0 saturated carbocycles. The van der Waals surface area contributed by atoms with Crippen molar-refractivity contribution in [2.24, 2.45) is 0 Å². The van der Waals surface area contributed by atoms with Crippen LogP contribution < -0.4 is 4.74 Å². The lowest BCUT2D eigenvalue weighted by Gasteiger charge is -2.12. The summed E-state index contributed by atoms with van der Waals surface area (Å²) in [5.74, 6) is 0.610. The molecule has 0 aliphatic rings. The van der Waals surface area contributed by atoms with E-state index in [4.69, 9.17) is 4.74 Å². The lowest BCUT2D eigenvalue weighted by Crippen LogP contribution is -2.20. The van der Waals surface area contributed by atoms with Gasteiger partial charge in [-0.3, -0.25) is 4.40 Å². The summed E-state index contributed by atoms with van der Waals surface area (Å²) in [7, 11) is 0.